The fourth-order valence-corrected chi connectivity index (χ4v) is 3.30. The van der Waals surface area contributed by atoms with Crippen molar-refractivity contribution in [3.63, 3.8) is 0 Å². The molecule has 1 heterocycles. The van der Waals surface area contributed by atoms with Crippen LogP contribution < -0.4 is 4.74 Å². The summed E-state index contributed by atoms with van der Waals surface area (Å²) < 4.78 is 5.83. The number of nitrogens with zero attached hydrogens (tertiary/aromatic N) is 2. The van der Waals surface area contributed by atoms with Crippen LogP contribution in [0.2, 0.25) is 0 Å². The Morgan fingerprint density at radius 1 is 1.21 bits per heavy atom. The summed E-state index contributed by atoms with van der Waals surface area (Å²) in [5, 5.41) is 10.3. The molecule has 2 aliphatic rings. The molecule has 0 spiro atoms. The summed E-state index contributed by atoms with van der Waals surface area (Å²) in [5.74, 6) is 1.50. The molecule has 1 saturated heterocycles. The number of rotatable bonds is 6. The monoisotopic (exact) mass is 332 g/mol. The van der Waals surface area contributed by atoms with Crippen LogP contribution in [-0.4, -0.2) is 66.2 Å². The molecular weight excluding hydrogens is 304 g/mol. The van der Waals surface area contributed by atoms with E-state index in [0.29, 0.717) is 25.0 Å². The summed E-state index contributed by atoms with van der Waals surface area (Å²) in [6.45, 7) is 8.15. The molecule has 1 aliphatic carbocycles. The number of carbonyl (C=O) groups is 1. The lowest BCUT2D eigenvalue weighted by Crippen LogP contribution is -2.51. The van der Waals surface area contributed by atoms with Crippen molar-refractivity contribution in [2.45, 2.75) is 32.8 Å². The highest BCUT2D eigenvalue weighted by molar-refractivity contribution is 5.81. The second-order valence-electron chi connectivity index (χ2n) is 7.09. The molecule has 5 nitrogen and oxygen atoms in total. The van der Waals surface area contributed by atoms with Gasteiger partial charge in [0.15, 0.2) is 0 Å². The minimum Gasteiger partial charge on any atom is -0.490 e. The van der Waals surface area contributed by atoms with Crippen LogP contribution in [0.3, 0.4) is 0 Å². The van der Waals surface area contributed by atoms with Gasteiger partial charge in [0.2, 0.25) is 5.91 Å². The quantitative estimate of drug-likeness (QED) is 0.860. The summed E-state index contributed by atoms with van der Waals surface area (Å²) in [5.41, 5.74) is 2.18. The zero-order valence-electron chi connectivity index (χ0n) is 14.7. The van der Waals surface area contributed by atoms with Gasteiger partial charge < -0.3 is 14.7 Å². The highest BCUT2D eigenvalue weighted by atomic mass is 16.5. The Morgan fingerprint density at radius 2 is 1.83 bits per heavy atom. The van der Waals surface area contributed by atoms with Crippen molar-refractivity contribution >= 4 is 5.91 Å². The van der Waals surface area contributed by atoms with Crippen molar-refractivity contribution in [2.75, 3.05) is 39.3 Å². The molecule has 2 fully saturated rings. The van der Waals surface area contributed by atoms with Crippen LogP contribution >= 0.6 is 0 Å². The molecule has 1 aliphatic heterocycles. The van der Waals surface area contributed by atoms with Crippen molar-refractivity contribution < 1.29 is 14.6 Å². The molecule has 1 saturated carbocycles. The van der Waals surface area contributed by atoms with E-state index in [4.69, 9.17) is 4.74 Å². The van der Waals surface area contributed by atoms with E-state index in [1.54, 1.807) is 0 Å². The van der Waals surface area contributed by atoms with E-state index >= 15 is 0 Å². The van der Waals surface area contributed by atoms with Crippen molar-refractivity contribution in [2.24, 2.45) is 5.92 Å². The highest BCUT2D eigenvalue weighted by Gasteiger charge is 2.34. The summed E-state index contributed by atoms with van der Waals surface area (Å²) in [4.78, 5) is 16.2. The third-order valence-electron chi connectivity index (χ3n) is 4.91. The molecule has 3 rings (SSSR count). The summed E-state index contributed by atoms with van der Waals surface area (Å²) in [6.07, 6.45) is 1.61. The Hall–Kier alpha value is -1.59. The molecule has 0 radical (unpaired) electrons. The zero-order valence-corrected chi connectivity index (χ0v) is 14.7. The van der Waals surface area contributed by atoms with E-state index in [9.17, 15) is 9.90 Å². The Labute approximate surface area is 144 Å². The van der Waals surface area contributed by atoms with E-state index in [0.717, 1.165) is 55.9 Å². The van der Waals surface area contributed by atoms with E-state index in [1.807, 2.05) is 36.9 Å². The molecule has 1 aromatic carbocycles. The van der Waals surface area contributed by atoms with Gasteiger partial charge in [-0.3, -0.25) is 9.69 Å². The molecule has 1 atom stereocenters. The van der Waals surface area contributed by atoms with E-state index in [1.165, 1.54) is 0 Å². The molecule has 0 aromatic heterocycles. The van der Waals surface area contributed by atoms with Gasteiger partial charge in [0.25, 0.3) is 0 Å². The fraction of sp³-hybridized carbons (Fsp3) is 0.632. The summed E-state index contributed by atoms with van der Waals surface area (Å²) in [7, 11) is 0. The first kappa shape index (κ1) is 17.2. The number of hydrogen-bond acceptors (Lipinski definition) is 4. The van der Waals surface area contributed by atoms with Gasteiger partial charge in [0, 0.05) is 38.6 Å². The molecule has 5 heteroatoms. The number of aliphatic hydroxyl groups excluding tert-OH is 1. The number of benzene rings is 1. The Balaban J connectivity index is 1.41. The fourth-order valence-electron chi connectivity index (χ4n) is 3.30. The lowest BCUT2D eigenvalue weighted by Gasteiger charge is -2.35. The van der Waals surface area contributed by atoms with Gasteiger partial charge >= 0.3 is 0 Å². The minimum absolute atomic E-state index is 0.299. The van der Waals surface area contributed by atoms with Gasteiger partial charge in [-0.05, 0) is 37.8 Å². The second kappa shape index (κ2) is 7.53. The third-order valence-corrected chi connectivity index (χ3v) is 4.91. The van der Waals surface area contributed by atoms with Crippen LogP contribution in [0, 0.1) is 19.8 Å². The molecule has 1 aromatic rings. The number of piperazine rings is 1. The maximum atomic E-state index is 12.1. The van der Waals surface area contributed by atoms with Gasteiger partial charge in [-0.2, -0.15) is 0 Å². The van der Waals surface area contributed by atoms with Crippen molar-refractivity contribution in [3.8, 4) is 5.75 Å². The Morgan fingerprint density at radius 3 is 2.42 bits per heavy atom. The Kier molecular flexibility index (Phi) is 5.41. The van der Waals surface area contributed by atoms with Gasteiger partial charge in [-0.25, -0.2) is 0 Å². The smallest absolute Gasteiger partial charge is 0.225 e. The predicted molar refractivity (Wildman–Crippen MR) is 93.2 cm³/mol. The standard InChI is InChI=1S/C19H28N2O3/c1-14-4-3-5-15(2)18(14)24-13-17(22)12-20-8-10-21(11-9-20)19(23)16-6-7-16/h3-5,16-17,22H,6-13H2,1-2H3/t17-/m0/s1. The van der Waals surface area contributed by atoms with Crippen LogP contribution in [0.1, 0.15) is 24.0 Å². The first-order valence-electron chi connectivity index (χ1n) is 8.93. The van der Waals surface area contributed by atoms with Crippen molar-refractivity contribution in [1.82, 2.24) is 9.80 Å². The average Bonchev–Trinajstić information content (AvgIpc) is 3.39. The van der Waals surface area contributed by atoms with Gasteiger partial charge in [0.1, 0.15) is 18.5 Å². The number of β-amino-alcohol motifs (C(OH)–C–C–N with tert-alkyl or cyclic N) is 1. The zero-order chi connectivity index (χ0) is 17.1. The number of aliphatic hydroxyl groups is 1. The van der Waals surface area contributed by atoms with E-state index < -0.39 is 6.10 Å². The van der Waals surface area contributed by atoms with Gasteiger partial charge in [-0.1, -0.05) is 18.2 Å². The molecule has 24 heavy (non-hydrogen) atoms. The molecule has 0 bridgehead atoms. The number of para-hydroxylation sites is 1. The van der Waals surface area contributed by atoms with Crippen LogP contribution in [0.4, 0.5) is 0 Å². The van der Waals surface area contributed by atoms with E-state index in [2.05, 4.69) is 4.90 Å². The number of aryl methyl sites for hydroxylation is 2. The lowest BCUT2D eigenvalue weighted by molar-refractivity contribution is -0.134. The molecule has 132 valence electrons. The van der Waals surface area contributed by atoms with E-state index in [-0.39, 0.29) is 0 Å². The number of amides is 1. The number of ether oxygens (including phenoxy) is 1. The second-order valence-corrected chi connectivity index (χ2v) is 7.09. The van der Waals surface area contributed by atoms with Crippen LogP contribution in [0.25, 0.3) is 0 Å². The summed E-state index contributed by atoms with van der Waals surface area (Å²) in [6, 6.07) is 6.05. The predicted octanol–water partition coefficient (Wildman–Crippen LogP) is 1.60. The van der Waals surface area contributed by atoms with Crippen molar-refractivity contribution in [3.05, 3.63) is 29.3 Å². The highest BCUT2D eigenvalue weighted by Crippen LogP contribution is 2.31. The number of hydrogen-bond donors (Lipinski definition) is 1. The molecule has 1 N–H and O–H groups in total. The molecule has 1 amide bonds. The largest absolute Gasteiger partial charge is 0.490 e. The van der Waals surface area contributed by atoms with Crippen molar-refractivity contribution in [1.29, 1.82) is 0 Å². The molecular formula is C19H28N2O3. The normalized spacial score (nSPS) is 20.0. The Bertz CT molecular complexity index is 558. The lowest BCUT2D eigenvalue weighted by atomic mass is 10.1. The van der Waals surface area contributed by atoms with Crippen LogP contribution in [-0.2, 0) is 4.79 Å². The number of carbonyl (C=O) groups excluding carboxylic acids is 1. The van der Waals surface area contributed by atoms with Gasteiger partial charge in [-0.15, -0.1) is 0 Å². The van der Waals surface area contributed by atoms with Gasteiger partial charge in [0.05, 0.1) is 0 Å². The third kappa shape index (κ3) is 4.28. The average molecular weight is 332 g/mol. The first-order chi connectivity index (χ1) is 11.5. The maximum absolute atomic E-state index is 12.1. The van der Waals surface area contributed by atoms with Crippen LogP contribution in [0.15, 0.2) is 18.2 Å². The maximum Gasteiger partial charge on any atom is 0.225 e. The topological polar surface area (TPSA) is 53.0 Å². The SMILES string of the molecule is Cc1cccc(C)c1OC[C@@H](O)CN1CCN(C(=O)C2CC2)CC1. The summed E-state index contributed by atoms with van der Waals surface area (Å²) >= 11 is 0. The van der Waals surface area contributed by atoms with Crippen LogP contribution in [0.5, 0.6) is 5.75 Å². The molecule has 0 unspecified atom stereocenters. The minimum atomic E-state index is -0.519. The first-order valence-corrected chi connectivity index (χ1v) is 8.93.